The fourth-order valence-electron chi connectivity index (χ4n) is 2.94. The lowest BCUT2D eigenvalue weighted by Crippen LogP contribution is -2.53. The zero-order valence-electron chi connectivity index (χ0n) is 14.5. The van der Waals surface area contributed by atoms with E-state index in [1.807, 2.05) is 30.3 Å². The molecule has 1 aromatic carbocycles. The molecule has 2 amide bonds. The fourth-order valence-corrected chi connectivity index (χ4v) is 2.94. The van der Waals surface area contributed by atoms with Crippen molar-refractivity contribution in [1.82, 2.24) is 10.2 Å². The van der Waals surface area contributed by atoms with E-state index in [1.165, 1.54) is 7.11 Å². The molecule has 0 saturated carbocycles. The molecule has 132 valence electrons. The summed E-state index contributed by atoms with van der Waals surface area (Å²) in [5.41, 5.74) is 0.938. The van der Waals surface area contributed by atoms with Crippen LogP contribution in [0.3, 0.4) is 0 Å². The van der Waals surface area contributed by atoms with Crippen molar-refractivity contribution in [3.63, 3.8) is 0 Å². The Hall–Kier alpha value is -2.24. The number of piperidine rings is 1. The van der Waals surface area contributed by atoms with Gasteiger partial charge in [0.2, 0.25) is 0 Å². The van der Waals surface area contributed by atoms with Crippen LogP contribution in [0.4, 0.5) is 9.59 Å². The number of methoxy groups -OCH3 is 1. The summed E-state index contributed by atoms with van der Waals surface area (Å²) in [5.74, 6) is 0.736. The first-order valence-corrected chi connectivity index (χ1v) is 8.29. The SMILES string of the molecule is COC(=O)N1CC(NC(=O)OCc2ccccc2)CC(C(C)C)C1. The molecule has 1 aliphatic heterocycles. The number of hydrogen-bond donors (Lipinski definition) is 1. The lowest BCUT2D eigenvalue weighted by atomic mass is 9.86. The molecule has 0 aromatic heterocycles. The van der Waals surface area contributed by atoms with E-state index in [0.717, 1.165) is 12.0 Å². The number of amides is 2. The zero-order chi connectivity index (χ0) is 17.5. The van der Waals surface area contributed by atoms with Gasteiger partial charge in [-0.2, -0.15) is 0 Å². The number of nitrogens with one attached hydrogen (secondary N) is 1. The molecule has 1 heterocycles. The molecule has 0 radical (unpaired) electrons. The van der Waals surface area contributed by atoms with Crippen molar-refractivity contribution in [3.05, 3.63) is 35.9 Å². The number of ether oxygens (including phenoxy) is 2. The van der Waals surface area contributed by atoms with Crippen molar-refractivity contribution >= 4 is 12.2 Å². The van der Waals surface area contributed by atoms with Crippen LogP contribution in [-0.4, -0.2) is 43.3 Å². The highest BCUT2D eigenvalue weighted by Crippen LogP contribution is 2.24. The van der Waals surface area contributed by atoms with Crippen LogP contribution in [0.5, 0.6) is 0 Å². The van der Waals surface area contributed by atoms with Gasteiger partial charge in [-0.1, -0.05) is 44.2 Å². The molecule has 1 fully saturated rings. The highest BCUT2D eigenvalue weighted by Gasteiger charge is 2.32. The van der Waals surface area contributed by atoms with Gasteiger partial charge in [-0.25, -0.2) is 9.59 Å². The summed E-state index contributed by atoms with van der Waals surface area (Å²) in [7, 11) is 1.37. The van der Waals surface area contributed by atoms with E-state index in [-0.39, 0.29) is 18.7 Å². The molecule has 1 saturated heterocycles. The number of likely N-dealkylation sites (tertiary alicyclic amines) is 1. The summed E-state index contributed by atoms with van der Waals surface area (Å²) in [5, 5.41) is 2.87. The second-order valence-electron chi connectivity index (χ2n) is 6.52. The molecule has 0 bridgehead atoms. The first-order valence-electron chi connectivity index (χ1n) is 8.29. The van der Waals surface area contributed by atoms with Crippen LogP contribution in [0.15, 0.2) is 30.3 Å². The summed E-state index contributed by atoms with van der Waals surface area (Å²) >= 11 is 0. The minimum atomic E-state index is -0.460. The largest absolute Gasteiger partial charge is 0.453 e. The van der Waals surface area contributed by atoms with Gasteiger partial charge in [0.05, 0.1) is 13.2 Å². The molecule has 0 aliphatic carbocycles. The zero-order valence-corrected chi connectivity index (χ0v) is 14.5. The molecule has 6 nitrogen and oxygen atoms in total. The standard InChI is InChI=1S/C18H26N2O4/c1-13(2)15-9-16(11-20(10-15)18(22)23-3)19-17(21)24-12-14-7-5-4-6-8-14/h4-8,13,15-16H,9-12H2,1-3H3,(H,19,21). The van der Waals surface area contributed by atoms with Crippen molar-refractivity contribution in [2.75, 3.05) is 20.2 Å². The predicted octanol–water partition coefficient (Wildman–Crippen LogP) is 3.03. The lowest BCUT2D eigenvalue weighted by molar-refractivity contribution is 0.0760. The summed E-state index contributed by atoms with van der Waals surface area (Å²) in [4.78, 5) is 25.5. The fraction of sp³-hybridized carbons (Fsp3) is 0.556. The number of alkyl carbamates (subject to hydrolysis) is 1. The Balaban J connectivity index is 1.89. The number of nitrogens with zero attached hydrogens (tertiary/aromatic N) is 1. The maximum atomic E-state index is 12.0. The Morgan fingerprint density at radius 2 is 1.96 bits per heavy atom. The van der Waals surface area contributed by atoms with Gasteiger partial charge in [-0.15, -0.1) is 0 Å². The Morgan fingerprint density at radius 1 is 1.25 bits per heavy atom. The molecule has 2 atom stereocenters. The first-order chi connectivity index (χ1) is 11.5. The molecular weight excluding hydrogens is 308 g/mol. The topological polar surface area (TPSA) is 67.9 Å². The van der Waals surface area contributed by atoms with Crippen LogP contribution in [0.25, 0.3) is 0 Å². The number of carbonyl (C=O) groups is 2. The minimum Gasteiger partial charge on any atom is -0.453 e. The monoisotopic (exact) mass is 334 g/mol. The van der Waals surface area contributed by atoms with E-state index in [1.54, 1.807) is 4.90 Å². The number of carbonyl (C=O) groups excluding carboxylic acids is 2. The number of rotatable bonds is 4. The highest BCUT2D eigenvalue weighted by molar-refractivity contribution is 5.69. The molecular formula is C18H26N2O4. The second kappa shape index (κ2) is 8.57. The first kappa shape index (κ1) is 18.1. The molecule has 2 rings (SSSR count). The van der Waals surface area contributed by atoms with E-state index >= 15 is 0 Å². The average Bonchev–Trinajstić information content (AvgIpc) is 2.59. The van der Waals surface area contributed by atoms with Crippen molar-refractivity contribution < 1.29 is 19.1 Å². The molecule has 2 unspecified atom stereocenters. The number of benzene rings is 1. The smallest absolute Gasteiger partial charge is 0.409 e. The van der Waals surface area contributed by atoms with Crippen LogP contribution < -0.4 is 5.32 Å². The third kappa shape index (κ3) is 5.15. The summed E-state index contributed by atoms with van der Waals surface area (Å²) in [6, 6.07) is 9.40. The van der Waals surface area contributed by atoms with Crippen molar-refractivity contribution in [1.29, 1.82) is 0 Å². The maximum absolute atomic E-state index is 12.0. The van der Waals surface area contributed by atoms with Crippen LogP contribution in [0.1, 0.15) is 25.8 Å². The Labute approximate surface area is 143 Å². The van der Waals surface area contributed by atoms with Gasteiger partial charge in [0.25, 0.3) is 0 Å². The molecule has 6 heteroatoms. The molecule has 1 aromatic rings. The maximum Gasteiger partial charge on any atom is 0.409 e. The van der Waals surface area contributed by atoms with Crippen molar-refractivity contribution in [3.8, 4) is 0 Å². The van der Waals surface area contributed by atoms with Crippen LogP contribution >= 0.6 is 0 Å². The lowest BCUT2D eigenvalue weighted by Gasteiger charge is -2.38. The minimum absolute atomic E-state index is 0.131. The number of hydrogen-bond acceptors (Lipinski definition) is 4. The van der Waals surface area contributed by atoms with E-state index in [9.17, 15) is 9.59 Å². The predicted molar refractivity (Wildman–Crippen MR) is 90.5 cm³/mol. The summed E-state index contributed by atoms with van der Waals surface area (Å²) in [6.07, 6.45) is 0.00822. The van der Waals surface area contributed by atoms with Crippen LogP contribution in [0, 0.1) is 11.8 Å². The van der Waals surface area contributed by atoms with Gasteiger partial charge in [0, 0.05) is 13.1 Å². The van der Waals surface area contributed by atoms with E-state index in [0.29, 0.717) is 24.9 Å². The molecule has 24 heavy (non-hydrogen) atoms. The average molecular weight is 334 g/mol. The van der Waals surface area contributed by atoms with Gasteiger partial charge in [0.15, 0.2) is 0 Å². The Morgan fingerprint density at radius 3 is 2.58 bits per heavy atom. The van der Waals surface area contributed by atoms with E-state index in [2.05, 4.69) is 19.2 Å². The van der Waals surface area contributed by atoms with Gasteiger partial charge in [-0.3, -0.25) is 0 Å². The quantitative estimate of drug-likeness (QED) is 0.919. The van der Waals surface area contributed by atoms with Crippen LogP contribution in [-0.2, 0) is 16.1 Å². The molecule has 1 aliphatic rings. The second-order valence-corrected chi connectivity index (χ2v) is 6.52. The molecule has 0 spiro atoms. The van der Waals surface area contributed by atoms with E-state index in [4.69, 9.17) is 9.47 Å². The molecule has 1 N–H and O–H groups in total. The van der Waals surface area contributed by atoms with Crippen molar-refractivity contribution in [2.24, 2.45) is 11.8 Å². The third-order valence-electron chi connectivity index (χ3n) is 4.39. The van der Waals surface area contributed by atoms with Crippen LogP contribution in [0.2, 0.25) is 0 Å². The van der Waals surface area contributed by atoms with Gasteiger partial charge < -0.3 is 19.7 Å². The highest BCUT2D eigenvalue weighted by atomic mass is 16.5. The summed E-state index contributed by atoms with van der Waals surface area (Å²) < 4.78 is 10.1. The van der Waals surface area contributed by atoms with E-state index < -0.39 is 6.09 Å². The van der Waals surface area contributed by atoms with Gasteiger partial charge in [-0.05, 0) is 23.8 Å². The normalized spacial score (nSPS) is 20.6. The summed E-state index contributed by atoms with van der Waals surface area (Å²) in [6.45, 7) is 5.57. The van der Waals surface area contributed by atoms with Gasteiger partial charge >= 0.3 is 12.2 Å². The Kier molecular flexibility index (Phi) is 6.46. The third-order valence-corrected chi connectivity index (χ3v) is 4.39. The van der Waals surface area contributed by atoms with Crippen molar-refractivity contribution in [2.45, 2.75) is 32.9 Å². The Bertz CT molecular complexity index is 547. The van der Waals surface area contributed by atoms with Gasteiger partial charge in [0.1, 0.15) is 6.61 Å².